The molecular weight excluding hydrogens is 274 g/mol. The number of aromatic carboxylic acids is 1. The summed E-state index contributed by atoms with van der Waals surface area (Å²) in [6, 6.07) is 6.20. The van der Waals surface area contributed by atoms with Gasteiger partial charge in [-0.3, -0.25) is 0 Å². The maximum Gasteiger partial charge on any atom is 0.335 e. The van der Waals surface area contributed by atoms with Crippen molar-refractivity contribution in [3.63, 3.8) is 0 Å². The van der Waals surface area contributed by atoms with Gasteiger partial charge in [-0.25, -0.2) is 13.6 Å². The first-order chi connectivity index (χ1) is 9.88. The quantitative estimate of drug-likeness (QED) is 0.820. The maximum atomic E-state index is 14.3. The Hall–Kier alpha value is -1.71. The van der Waals surface area contributed by atoms with Crippen LogP contribution in [0.4, 0.5) is 8.78 Å². The van der Waals surface area contributed by atoms with E-state index in [4.69, 9.17) is 5.11 Å². The van der Waals surface area contributed by atoms with E-state index < -0.39 is 17.8 Å². The molecule has 0 aromatic heterocycles. The molecule has 1 aromatic rings. The van der Waals surface area contributed by atoms with Crippen LogP contribution in [-0.2, 0) is 6.42 Å². The highest BCUT2D eigenvalue weighted by atomic mass is 19.3. The summed E-state index contributed by atoms with van der Waals surface area (Å²) in [5, 5.41) is 8.85. The zero-order valence-electron chi connectivity index (χ0n) is 11.9. The van der Waals surface area contributed by atoms with Gasteiger partial charge in [0.2, 0.25) is 0 Å². The van der Waals surface area contributed by atoms with Crippen LogP contribution in [0.2, 0.25) is 0 Å². The first kappa shape index (κ1) is 15.7. The van der Waals surface area contributed by atoms with Gasteiger partial charge < -0.3 is 5.11 Å². The van der Waals surface area contributed by atoms with Crippen molar-refractivity contribution in [2.24, 2.45) is 5.92 Å². The molecule has 0 saturated heterocycles. The average Bonchev–Trinajstić information content (AvgIpc) is 2.40. The molecule has 0 radical (unpaired) electrons. The molecule has 0 amide bonds. The molecule has 2 nitrogen and oxygen atoms in total. The number of benzene rings is 1. The van der Waals surface area contributed by atoms with Crippen molar-refractivity contribution >= 4 is 5.97 Å². The van der Waals surface area contributed by atoms with Crippen molar-refractivity contribution in [3.05, 3.63) is 47.5 Å². The van der Waals surface area contributed by atoms with Crippen LogP contribution >= 0.6 is 0 Å². The van der Waals surface area contributed by atoms with Gasteiger partial charge in [-0.05, 0) is 43.4 Å². The molecule has 1 unspecified atom stereocenters. The highest BCUT2D eigenvalue weighted by Crippen LogP contribution is 2.39. The van der Waals surface area contributed by atoms with Crippen LogP contribution in [0.15, 0.2) is 36.4 Å². The molecule has 114 valence electrons. The fraction of sp³-hybridized carbons (Fsp3) is 0.471. The molecule has 1 atom stereocenters. The monoisotopic (exact) mass is 294 g/mol. The molecular formula is C17H20F2O2. The lowest BCUT2D eigenvalue weighted by atomic mass is 9.82. The molecule has 0 aliphatic heterocycles. The van der Waals surface area contributed by atoms with Gasteiger partial charge in [-0.15, -0.1) is 0 Å². The summed E-state index contributed by atoms with van der Waals surface area (Å²) >= 11 is 0. The molecule has 2 rings (SSSR count). The summed E-state index contributed by atoms with van der Waals surface area (Å²) in [7, 11) is 0. The first-order valence-corrected chi connectivity index (χ1v) is 7.25. The average molecular weight is 294 g/mol. The lowest BCUT2D eigenvalue weighted by Crippen LogP contribution is -2.31. The van der Waals surface area contributed by atoms with Crippen molar-refractivity contribution in [2.75, 3.05) is 0 Å². The van der Waals surface area contributed by atoms with Crippen molar-refractivity contribution < 1.29 is 18.7 Å². The molecule has 1 aromatic carbocycles. The summed E-state index contributed by atoms with van der Waals surface area (Å²) < 4.78 is 28.6. The fourth-order valence-corrected chi connectivity index (χ4v) is 2.86. The summed E-state index contributed by atoms with van der Waals surface area (Å²) in [4.78, 5) is 10.8. The van der Waals surface area contributed by atoms with Gasteiger partial charge >= 0.3 is 5.97 Å². The van der Waals surface area contributed by atoms with Crippen LogP contribution < -0.4 is 0 Å². The largest absolute Gasteiger partial charge is 0.478 e. The van der Waals surface area contributed by atoms with Crippen molar-refractivity contribution in [1.29, 1.82) is 0 Å². The zero-order chi connectivity index (χ0) is 15.5. The second kappa shape index (κ2) is 6.37. The number of hydrogen-bond acceptors (Lipinski definition) is 1. The van der Waals surface area contributed by atoms with Gasteiger partial charge in [0, 0.05) is 12.3 Å². The van der Waals surface area contributed by atoms with E-state index in [2.05, 4.69) is 6.58 Å². The normalized spacial score (nSPS) is 22.4. The van der Waals surface area contributed by atoms with E-state index in [1.54, 1.807) is 12.1 Å². The Balaban J connectivity index is 2.11. The molecule has 0 heterocycles. The van der Waals surface area contributed by atoms with Crippen LogP contribution in [0.25, 0.3) is 0 Å². The minimum absolute atomic E-state index is 0.177. The second-order valence-corrected chi connectivity index (χ2v) is 5.84. The molecule has 1 aliphatic rings. The number of rotatable bonds is 3. The summed E-state index contributed by atoms with van der Waals surface area (Å²) in [5.74, 6) is -4.44. The Kier molecular flexibility index (Phi) is 4.76. The Bertz CT molecular complexity index is 520. The molecule has 1 aliphatic carbocycles. The number of carboxylic acid groups (broad SMARTS) is 1. The van der Waals surface area contributed by atoms with Gasteiger partial charge in [-0.1, -0.05) is 30.7 Å². The van der Waals surface area contributed by atoms with Crippen LogP contribution in [-0.4, -0.2) is 17.0 Å². The highest BCUT2D eigenvalue weighted by Gasteiger charge is 2.40. The van der Waals surface area contributed by atoms with Crippen molar-refractivity contribution in [1.82, 2.24) is 0 Å². The summed E-state index contributed by atoms with van der Waals surface area (Å²) in [6.07, 6.45) is 2.94. The molecule has 0 bridgehead atoms. The molecule has 1 saturated carbocycles. The van der Waals surface area contributed by atoms with E-state index in [9.17, 15) is 13.6 Å². The number of allylic oxidation sites excluding steroid dienone is 1. The molecule has 0 spiro atoms. The fourth-order valence-electron chi connectivity index (χ4n) is 2.86. The van der Waals surface area contributed by atoms with Crippen molar-refractivity contribution in [2.45, 2.75) is 44.4 Å². The van der Waals surface area contributed by atoms with Crippen LogP contribution in [0.1, 0.15) is 48.0 Å². The van der Waals surface area contributed by atoms with E-state index in [-0.39, 0.29) is 18.4 Å². The SMILES string of the molecule is C=C1CCCCC(Cc2ccc(C(=O)O)cc2)C(F)(F)C1. The second-order valence-electron chi connectivity index (χ2n) is 5.84. The zero-order valence-corrected chi connectivity index (χ0v) is 11.9. The predicted octanol–water partition coefficient (Wildman–Crippen LogP) is 4.70. The third kappa shape index (κ3) is 4.13. The lowest BCUT2D eigenvalue weighted by molar-refractivity contribution is -0.0638. The molecule has 4 heteroatoms. The van der Waals surface area contributed by atoms with Crippen LogP contribution in [0, 0.1) is 5.92 Å². The molecule has 1 N–H and O–H groups in total. The van der Waals surface area contributed by atoms with Gasteiger partial charge in [-0.2, -0.15) is 0 Å². The topological polar surface area (TPSA) is 37.3 Å². The van der Waals surface area contributed by atoms with Crippen LogP contribution in [0.5, 0.6) is 0 Å². The van der Waals surface area contributed by atoms with Gasteiger partial charge in [0.15, 0.2) is 0 Å². The van der Waals surface area contributed by atoms with Crippen molar-refractivity contribution in [3.8, 4) is 0 Å². The van der Waals surface area contributed by atoms with Gasteiger partial charge in [0.1, 0.15) is 0 Å². The summed E-state index contributed by atoms with van der Waals surface area (Å²) in [6.45, 7) is 3.74. The third-order valence-electron chi connectivity index (χ3n) is 4.10. The van der Waals surface area contributed by atoms with E-state index in [1.165, 1.54) is 12.1 Å². The third-order valence-corrected chi connectivity index (χ3v) is 4.10. The van der Waals surface area contributed by atoms with E-state index in [0.717, 1.165) is 18.4 Å². The number of halogens is 2. The lowest BCUT2D eigenvalue weighted by Gasteiger charge is -2.30. The number of carboxylic acids is 1. The van der Waals surface area contributed by atoms with E-state index in [1.807, 2.05) is 0 Å². The Morgan fingerprint density at radius 1 is 1.29 bits per heavy atom. The number of hydrogen-bond donors (Lipinski definition) is 1. The van der Waals surface area contributed by atoms with E-state index >= 15 is 0 Å². The summed E-state index contributed by atoms with van der Waals surface area (Å²) in [5.41, 5.74) is 1.57. The minimum Gasteiger partial charge on any atom is -0.478 e. The van der Waals surface area contributed by atoms with Crippen LogP contribution in [0.3, 0.4) is 0 Å². The predicted molar refractivity (Wildman–Crippen MR) is 77.8 cm³/mol. The Morgan fingerprint density at radius 3 is 2.57 bits per heavy atom. The van der Waals surface area contributed by atoms with E-state index in [0.29, 0.717) is 18.4 Å². The molecule has 21 heavy (non-hydrogen) atoms. The standard InChI is InChI=1S/C17H20F2O2/c1-12-4-2-3-5-15(17(18,19)11-12)10-13-6-8-14(9-7-13)16(20)21/h6-9,15H,1-5,10-11H2,(H,20,21). The minimum atomic E-state index is -2.73. The Morgan fingerprint density at radius 2 is 1.95 bits per heavy atom. The van der Waals surface area contributed by atoms with Gasteiger partial charge in [0.05, 0.1) is 5.56 Å². The van der Waals surface area contributed by atoms with Gasteiger partial charge in [0.25, 0.3) is 5.92 Å². The molecule has 1 fully saturated rings. The maximum absolute atomic E-state index is 14.3. The highest BCUT2D eigenvalue weighted by molar-refractivity contribution is 5.87. The Labute approximate surface area is 123 Å². The first-order valence-electron chi connectivity index (χ1n) is 7.25. The smallest absolute Gasteiger partial charge is 0.335 e. The number of alkyl halides is 2. The number of carbonyl (C=O) groups is 1.